The predicted octanol–water partition coefficient (Wildman–Crippen LogP) is 2.49. The van der Waals surface area contributed by atoms with E-state index in [1.54, 1.807) is 12.1 Å². The molecule has 162 valence electrons. The zero-order valence-electron chi connectivity index (χ0n) is 16.3. The molecule has 2 aromatic carbocycles. The second-order valence-corrected chi connectivity index (χ2v) is 8.56. The SMILES string of the molecule is NS(=O)(=O)c1ccc(N2C(=O)C(=O)/C(=C(/O)c3ccc(F)cc3)C2c2ccncc2)cc1. The monoisotopic (exact) mass is 453 g/mol. The molecule has 10 heteroatoms. The quantitative estimate of drug-likeness (QED) is 0.355. The van der Waals surface area contributed by atoms with Crippen molar-refractivity contribution in [1.82, 2.24) is 4.98 Å². The molecule has 1 saturated heterocycles. The maximum absolute atomic E-state index is 13.3. The Morgan fingerprint density at radius 3 is 2.12 bits per heavy atom. The van der Waals surface area contributed by atoms with Crippen LogP contribution in [0.15, 0.2) is 83.5 Å². The van der Waals surface area contributed by atoms with Gasteiger partial charge < -0.3 is 5.11 Å². The third kappa shape index (κ3) is 3.77. The first-order valence-corrected chi connectivity index (χ1v) is 10.8. The first-order chi connectivity index (χ1) is 15.2. The fraction of sp³-hybridized carbons (Fsp3) is 0.0455. The van der Waals surface area contributed by atoms with E-state index in [9.17, 15) is 27.5 Å². The van der Waals surface area contributed by atoms with Gasteiger partial charge in [0, 0.05) is 23.6 Å². The van der Waals surface area contributed by atoms with Crippen LogP contribution >= 0.6 is 0 Å². The molecule has 1 aromatic heterocycles. The average molecular weight is 453 g/mol. The van der Waals surface area contributed by atoms with Gasteiger partial charge in [0.25, 0.3) is 11.7 Å². The van der Waals surface area contributed by atoms with Gasteiger partial charge in [-0.3, -0.25) is 19.5 Å². The van der Waals surface area contributed by atoms with Crippen molar-refractivity contribution in [2.45, 2.75) is 10.9 Å². The van der Waals surface area contributed by atoms with Crippen molar-refractivity contribution >= 4 is 33.2 Å². The Bertz CT molecular complexity index is 1340. The number of nitrogens with two attached hydrogens (primary N) is 1. The number of Topliss-reactive ketones (excluding diaryl/α,β-unsaturated/α-hetero) is 1. The molecule has 1 aliphatic heterocycles. The molecule has 0 aliphatic carbocycles. The lowest BCUT2D eigenvalue weighted by Crippen LogP contribution is -2.29. The number of hydrogen-bond donors (Lipinski definition) is 2. The number of ketones is 1. The molecule has 4 rings (SSSR count). The Kier molecular flexibility index (Phi) is 5.33. The number of anilines is 1. The van der Waals surface area contributed by atoms with Gasteiger partial charge in [-0.15, -0.1) is 0 Å². The van der Waals surface area contributed by atoms with Gasteiger partial charge in [0.2, 0.25) is 10.0 Å². The number of amides is 1. The van der Waals surface area contributed by atoms with E-state index < -0.39 is 39.3 Å². The van der Waals surface area contributed by atoms with E-state index in [1.165, 1.54) is 48.8 Å². The van der Waals surface area contributed by atoms with Crippen LogP contribution in [-0.2, 0) is 19.6 Å². The third-order valence-electron chi connectivity index (χ3n) is 5.03. The second kappa shape index (κ2) is 7.98. The molecule has 1 amide bonds. The normalized spacial score (nSPS) is 18.2. The maximum Gasteiger partial charge on any atom is 0.300 e. The molecule has 32 heavy (non-hydrogen) atoms. The minimum Gasteiger partial charge on any atom is -0.507 e. The van der Waals surface area contributed by atoms with Crippen LogP contribution in [0.3, 0.4) is 0 Å². The van der Waals surface area contributed by atoms with Crippen LogP contribution in [0.1, 0.15) is 17.2 Å². The van der Waals surface area contributed by atoms with Crippen molar-refractivity contribution in [2.75, 3.05) is 4.90 Å². The second-order valence-electron chi connectivity index (χ2n) is 7.00. The number of carbonyl (C=O) groups is 2. The van der Waals surface area contributed by atoms with E-state index in [-0.39, 0.29) is 21.7 Å². The number of aliphatic hydroxyl groups is 1. The minimum absolute atomic E-state index is 0.160. The highest BCUT2D eigenvalue weighted by Crippen LogP contribution is 2.42. The lowest BCUT2D eigenvalue weighted by molar-refractivity contribution is -0.132. The van der Waals surface area contributed by atoms with Gasteiger partial charge in [0.05, 0.1) is 16.5 Å². The fourth-order valence-electron chi connectivity index (χ4n) is 3.52. The molecule has 1 unspecified atom stereocenters. The van der Waals surface area contributed by atoms with Crippen LogP contribution in [0.4, 0.5) is 10.1 Å². The Balaban J connectivity index is 1.90. The number of halogens is 1. The van der Waals surface area contributed by atoms with Gasteiger partial charge >= 0.3 is 0 Å². The molecule has 2 heterocycles. The van der Waals surface area contributed by atoms with Gasteiger partial charge in [-0.05, 0) is 66.2 Å². The van der Waals surface area contributed by atoms with E-state index in [2.05, 4.69) is 4.98 Å². The number of hydrogen-bond acceptors (Lipinski definition) is 6. The summed E-state index contributed by atoms with van der Waals surface area (Å²) in [4.78, 5) is 30.9. The minimum atomic E-state index is -3.96. The average Bonchev–Trinajstić information content (AvgIpc) is 3.04. The summed E-state index contributed by atoms with van der Waals surface area (Å²) in [6.45, 7) is 0. The number of nitrogens with zero attached hydrogens (tertiary/aromatic N) is 2. The van der Waals surface area contributed by atoms with Crippen molar-refractivity contribution in [3.63, 3.8) is 0 Å². The van der Waals surface area contributed by atoms with Crippen molar-refractivity contribution < 1.29 is 27.5 Å². The summed E-state index contributed by atoms with van der Waals surface area (Å²) in [5.74, 6) is -2.85. The smallest absolute Gasteiger partial charge is 0.300 e. The van der Waals surface area contributed by atoms with Crippen molar-refractivity contribution in [1.29, 1.82) is 0 Å². The zero-order chi connectivity index (χ0) is 23.0. The van der Waals surface area contributed by atoms with E-state index >= 15 is 0 Å². The molecule has 3 N–H and O–H groups in total. The number of aliphatic hydroxyl groups excluding tert-OH is 1. The highest BCUT2D eigenvalue weighted by Gasteiger charge is 2.47. The molecular weight excluding hydrogens is 437 g/mol. The molecule has 1 atom stereocenters. The molecule has 0 bridgehead atoms. The van der Waals surface area contributed by atoms with Crippen LogP contribution in [0, 0.1) is 5.82 Å². The topological polar surface area (TPSA) is 131 Å². The van der Waals surface area contributed by atoms with Crippen LogP contribution in [-0.4, -0.2) is 30.2 Å². The standard InChI is InChI=1S/C22H16FN3O5S/c23-15-3-1-14(2-4-15)20(27)18-19(13-9-11-25-12-10-13)26(22(29)21(18)28)16-5-7-17(8-6-16)32(24,30)31/h1-12,19,27H,(H2,24,30,31)/b20-18+. The van der Waals surface area contributed by atoms with E-state index in [0.29, 0.717) is 5.56 Å². The summed E-state index contributed by atoms with van der Waals surface area (Å²) < 4.78 is 36.4. The fourth-order valence-corrected chi connectivity index (χ4v) is 4.04. The largest absolute Gasteiger partial charge is 0.507 e. The van der Waals surface area contributed by atoms with Gasteiger partial charge in [-0.25, -0.2) is 17.9 Å². The Morgan fingerprint density at radius 2 is 1.56 bits per heavy atom. The van der Waals surface area contributed by atoms with Crippen LogP contribution in [0.5, 0.6) is 0 Å². The van der Waals surface area contributed by atoms with Gasteiger partial charge in [-0.1, -0.05) is 0 Å². The Morgan fingerprint density at radius 1 is 0.969 bits per heavy atom. The van der Waals surface area contributed by atoms with Crippen molar-refractivity contribution in [3.8, 4) is 0 Å². The summed E-state index contributed by atoms with van der Waals surface area (Å²) in [5, 5.41) is 16.0. The molecule has 3 aromatic rings. The van der Waals surface area contributed by atoms with Crippen molar-refractivity contribution in [2.24, 2.45) is 5.14 Å². The molecule has 0 saturated carbocycles. The third-order valence-corrected chi connectivity index (χ3v) is 5.96. The highest BCUT2D eigenvalue weighted by molar-refractivity contribution is 7.89. The Labute approximate surface area is 182 Å². The lowest BCUT2D eigenvalue weighted by atomic mass is 9.96. The summed E-state index contributed by atoms with van der Waals surface area (Å²) in [5.41, 5.74) is 0.675. The molecule has 1 aliphatic rings. The van der Waals surface area contributed by atoms with E-state index in [4.69, 9.17) is 5.14 Å². The van der Waals surface area contributed by atoms with Crippen molar-refractivity contribution in [3.05, 3.63) is 95.6 Å². The van der Waals surface area contributed by atoms with E-state index in [0.717, 1.165) is 17.0 Å². The van der Waals surface area contributed by atoms with Crippen LogP contribution in [0.25, 0.3) is 5.76 Å². The molecule has 0 spiro atoms. The number of carbonyl (C=O) groups excluding carboxylic acids is 2. The van der Waals surface area contributed by atoms with Gasteiger partial charge in [0.1, 0.15) is 11.6 Å². The van der Waals surface area contributed by atoms with E-state index in [1.807, 2.05) is 0 Å². The van der Waals surface area contributed by atoms with Crippen LogP contribution in [0.2, 0.25) is 0 Å². The first-order valence-electron chi connectivity index (χ1n) is 9.28. The summed E-state index contributed by atoms with van der Waals surface area (Å²) >= 11 is 0. The zero-order valence-corrected chi connectivity index (χ0v) is 17.2. The first kappa shape index (κ1) is 21.3. The Hall–Kier alpha value is -3.89. The summed E-state index contributed by atoms with van der Waals surface area (Å²) in [6.07, 6.45) is 2.94. The molecular formula is C22H16FN3O5S. The van der Waals surface area contributed by atoms with Gasteiger partial charge in [-0.2, -0.15) is 0 Å². The predicted molar refractivity (Wildman–Crippen MR) is 113 cm³/mol. The summed E-state index contributed by atoms with van der Waals surface area (Å²) in [7, 11) is -3.96. The molecule has 8 nitrogen and oxygen atoms in total. The number of primary sulfonamides is 1. The highest BCUT2D eigenvalue weighted by atomic mass is 32.2. The van der Waals surface area contributed by atoms with Crippen LogP contribution < -0.4 is 10.0 Å². The lowest BCUT2D eigenvalue weighted by Gasteiger charge is -2.25. The number of benzene rings is 2. The van der Waals surface area contributed by atoms with Gasteiger partial charge in [0.15, 0.2) is 0 Å². The number of sulfonamides is 1. The number of pyridine rings is 1. The summed E-state index contributed by atoms with van der Waals surface area (Å²) in [6, 6.07) is 12.1. The maximum atomic E-state index is 13.3. The molecule has 0 radical (unpaired) electrons. The number of rotatable bonds is 4. The number of aromatic nitrogens is 1. The molecule has 1 fully saturated rings.